The molecule has 0 radical (unpaired) electrons. The minimum atomic E-state index is -3.71. The highest BCUT2D eigenvalue weighted by atomic mass is 35.5. The largest absolute Gasteiger partial charge is 0.495 e. The summed E-state index contributed by atoms with van der Waals surface area (Å²) < 4.78 is 32.9. The lowest BCUT2D eigenvalue weighted by Gasteiger charge is -2.25. The van der Waals surface area contributed by atoms with Gasteiger partial charge in [0.1, 0.15) is 10.6 Å². The van der Waals surface area contributed by atoms with Crippen molar-refractivity contribution in [1.82, 2.24) is 0 Å². The first kappa shape index (κ1) is 15.2. The lowest BCUT2D eigenvalue weighted by molar-refractivity contribution is 0.402. The second-order valence-corrected chi connectivity index (χ2v) is 7.50. The van der Waals surface area contributed by atoms with Gasteiger partial charge in [0, 0.05) is 17.1 Å². The normalized spacial score (nSPS) is 17.4. The van der Waals surface area contributed by atoms with Crippen LogP contribution in [0.5, 0.6) is 5.75 Å². The molecule has 3 rings (SSSR count). The Kier molecular flexibility index (Phi) is 3.78. The molecule has 0 bridgehead atoms. The summed E-state index contributed by atoms with van der Waals surface area (Å²) in [6, 6.07) is 12.0. The van der Waals surface area contributed by atoms with Gasteiger partial charge < -0.3 is 4.74 Å². The smallest absolute Gasteiger partial charge is 0.268 e. The van der Waals surface area contributed by atoms with Crippen molar-refractivity contribution >= 4 is 27.3 Å². The van der Waals surface area contributed by atoms with Crippen LogP contribution in [0, 0.1) is 0 Å². The zero-order valence-corrected chi connectivity index (χ0v) is 13.9. The molecule has 4 nitrogen and oxygen atoms in total. The molecule has 0 N–H and O–H groups in total. The van der Waals surface area contributed by atoms with Crippen LogP contribution in [-0.2, 0) is 16.4 Å². The van der Waals surface area contributed by atoms with E-state index < -0.39 is 10.0 Å². The van der Waals surface area contributed by atoms with Gasteiger partial charge in [-0.25, -0.2) is 8.42 Å². The average molecular weight is 338 g/mol. The van der Waals surface area contributed by atoms with Crippen molar-refractivity contribution in [2.45, 2.75) is 24.3 Å². The molecule has 0 unspecified atom stereocenters. The number of hydrogen-bond donors (Lipinski definition) is 0. The van der Waals surface area contributed by atoms with E-state index in [4.69, 9.17) is 16.3 Å². The predicted molar refractivity (Wildman–Crippen MR) is 87.3 cm³/mol. The first-order valence-corrected chi connectivity index (χ1v) is 8.73. The molecular formula is C16H16ClNO3S. The number of rotatable bonds is 3. The summed E-state index contributed by atoms with van der Waals surface area (Å²) in [6.45, 7) is 1.90. The molecule has 0 amide bonds. The van der Waals surface area contributed by atoms with Crippen LogP contribution in [0.4, 0.5) is 5.69 Å². The fourth-order valence-electron chi connectivity index (χ4n) is 2.86. The minimum Gasteiger partial charge on any atom is -0.495 e. The van der Waals surface area contributed by atoms with Gasteiger partial charge in [-0.2, -0.15) is 0 Å². The van der Waals surface area contributed by atoms with Gasteiger partial charge in [0.2, 0.25) is 0 Å². The molecule has 1 heterocycles. The zero-order chi connectivity index (χ0) is 15.9. The summed E-state index contributed by atoms with van der Waals surface area (Å²) in [7, 11) is -2.27. The average Bonchev–Trinajstić information content (AvgIpc) is 2.83. The van der Waals surface area contributed by atoms with Crippen LogP contribution < -0.4 is 9.04 Å². The fraction of sp³-hybridized carbons (Fsp3) is 0.250. The van der Waals surface area contributed by atoms with Crippen LogP contribution >= 0.6 is 11.6 Å². The third kappa shape index (κ3) is 2.34. The Hall–Kier alpha value is -1.72. The molecule has 0 fully saturated rings. The molecule has 0 spiro atoms. The number of fused-ring (bicyclic) bond motifs is 1. The Morgan fingerprint density at radius 1 is 1.23 bits per heavy atom. The fourth-order valence-corrected chi connectivity index (χ4v) is 4.86. The Balaban J connectivity index is 2.15. The van der Waals surface area contributed by atoms with Crippen LogP contribution in [0.3, 0.4) is 0 Å². The molecule has 116 valence electrons. The summed E-state index contributed by atoms with van der Waals surface area (Å²) in [5.74, 6) is 0.254. The van der Waals surface area contributed by atoms with Crippen molar-refractivity contribution in [3.8, 4) is 5.75 Å². The molecule has 6 heteroatoms. The Bertz CT molecular complexity index is 820. The van der Waals surface area contributed by atoms with Crippen LogP contribution in [0.25, 0.3) is 0 Å². The third-order valence-electron chi connectivity index (χ3n) is 3.81. The Labute approximate surface area is 135 Å². The molecule has 1 aliphatic heterocycles. The maximum absolute atomic E-state index is 13.1. The van der Waals surface area contributed by atoms with E-state index in [1.807, 2.05) is 31.2 Å². The number of nitrogens with zero attached hydrogens (tertiary/aromatic N) is 1. The second-order valence-electron chi connectivity index (χ2n) is 5.28. The zero-order valence-electron chi connectivity index (χ0n) is 12.3. The summed E-state index contributed by atoms with van der Waals surface area (Å²) >= 11 is 5.93. The van der Waals surface area contributed by atoms with Gasteiger partial charge in [-0.1, -0.05) is 29.8 Å². The van der Waals surface area contributed by atoms with E-state index >= 15 is 0 Å². The second kappa shape index (κ2) is 5.48. The number of hydrogen-bond acceptors (Lipinski definition) is 3. The van der Waals surface area contributed by atoms with Gasteiger partial charge in [0.25, 0.3) is 10.0 Å². The van der Waals surface area contributed by atoms with Gasteiger partial charge in [-0.3, -0.25) is 4.31 Å². The number of ether oxygens (including phenoxy) is 1. The summed E-state index contributed by atoms with van der Waals surface area (Å²) in [5.41, 5.74) is 1.76. The molecule has 0 saturated heterocycles. The van der Waals surface area contributed by atoms with E-state index in [1.165, 1.54) is 23.5 Å². The number of para-hydroxylation sites is 1. The number of sulfonamides is 1. The Morgan fingerprint density at radius 3 is 2.68 bits per heavy atom. The maximum atomic E-state index is 13.1. The van der Waals surface area contributed by atoms with Gasteiger partial charge >= 0.3 is 0 Å². The SMILES string of the molecule is COc1cc(Cl)ccc1S(=O)(=O)N1c2ccccc2C[C@H]1C. The van der Waals surface area contributed by atoms with Crippen LogP contribution in [0.2, 0.25) is 5.02 Å². The first-order chi connectivity index (χ1) is 10.4. The van der Waals surface area contributed by atoms with E-state index in [0.29, 0.717) is 11.4 Å². The van der Waals surface area contributed by atoms with Gasteiger partial charge in [0.15, 0.2) is 0 Å². The molecule has 2 aromatic carbocycles. The number of halogens is 1. The highest BCUT2D eigenvalue weighted by molar-refractivity contribution is 7.93. The Morgan fingerprint density at radius 2 is 1.95 bits per heavy atom. The highest BCUT2D eigenvalue weighted by Crippen LogP contribution is 2.39. The van der Waals surface area contributed by atoms with E-state index in [1.54, 1.807) is 6.07 Å². The predicted octanol–water partition coefficient (Wildman–Crippen LogP) is 3.49. The number of anilines is 1. The van der Waals surface area contributed by atoms with Crippen molar-refractivity contribution in [3.05, 3.63) is 53.1 Å². The van der Waals surface area contributed by atoms with Crippen molar-refractivity contribution in [1.29, 1.82) is 0 Å². The number of methoxy groups -OCH3 is 1. The summed E-state index contributed by atoms with van der Waals surface area (Å²) in [6.07, 6.45) is 0.700. The van der Waals surface area contributed by atoms with Crippen LogP contribution in [0.15, 0.2) is 47.4 Å². The molecule has 0 saturated carbocycles. The van der Waals surface area contributed by atoms with Crippen molar-refractivity contribution in [2.75, 3.05) is 11.4 Å². The molecular weight excluding hydrogens is 322 g/mol. The van der Waals surface area contributed by atoms with Gasteiger partial charge in [-0.05, 0) is 37.1 Å². The van der Waals surface area contributed by atoms with E-state index in [9.17, 15) is 8.42 Å². The molecule has 0 aliphatic carbocycles. The van der Waals surface area contributed by atoms with Crippen molar-refractivity contribution < 1.29 is 13.2 Å². The number of benzene rings is 2. The molecule has 1 atom stereocenters. The standard InChI is InChI=1S/C16H16ClNO3S/c1-11-9-12-5-3-4-6-14(12)18(11)22(19,20)16-8-7-13(17)10-15(16)21-2/h3-8,10-11H,9H2,1-2H3/t11-/m1/s1. The van der Waals surface area contributed by atoms with Crippen LogP contribution in [0.1, 0.15) is 12.5 Å². The van der Waals surface area contributed by atoms with E-state index in [2.05, 4.69) is 0 Å². The molecule has 22 heavy (non-hydrogen) atoms. The maximum Gasteiger partial charge on any atom is 0.268 e. The molecule has 2 aromatic rings. The van der Waals surface area contributed by atoms with E-state index in [0.717, 1.165) is 11.3 Å². The summed E-state index contributed by atoms with van der Waals surface area (Å²) in [4.78, 5) is 0.128. The topological polar surface area (TPSA) is 46.6 Å². The van der Waals surface area contributed by atoms with Crippen LogP contribution in [-0.4, -0.2) is 21.6 Å². The van der Waals surface area contributed by atoms with Crippen molar-refractivity contribution in [2.24, 2.45) is 0 Å². The highest BCUT2D eigenvalue weighted by Gasteiger charge is 2.37. The lowest BCUT2D eigenvalue weighted by atomic mass is 10.1. The van der Waals surface area contributed by atoms with Crippen molar-refractivity contribution in [3.63, 3.8) is 0 Å². The lowest BCUT2D eigenvalue weighted by Crippen LogP contribution is -2.35. The monoisotopic (exact) mass is 337 g/mol. The molecule has 1 aliphatic rings. The third-order valence-corrected chi connectivity index (χ3v) is 6.01. The minimum absolute atomic E-state index is 0.128. The van der Waals surface area contributed by atoms with E-state index in [-0.39, 0.29) is 16.7 Å². The first-order valence-electron chi connectivity index (χ1n) is 6.91. The summed E-state index contributed by atoms with van der Waals surface area (Å²) in [5, 5.41) is 0.436. The van der Waals surface area contributed by atoms with Gasteiger partial charge in [0.05, 0.1) is 12.8 Å². The quantitative estimate of drug-likeness (QED) is 0.861. The van der Waals surface area contributed by atoms with Gasteiger partial charge in [-0.15, -0.1) is 0 Å². The molecule has 0 aromatic heterocycles.